The number of carbonyl (C=O) groups is 1. The van der Waals surface area contributed by atoms with Crippen molar-refractivity contribution in [1.29, 1.82) is 0 Å². The summed E-state index contributed by atoms with van der Waals surface area (Å²) in [6.07, 6.45) is 7.34. The van der Waals surface area contributed by atoms with Crippen LogP contribution < -0.4 is 9.47 Å². The predicted octanol–water partition coefficient (Wildman–Crippen LogP) is 6.72. The lowest BCUT2D eigenvalue weighted by atomic mass is 10.1. The molecule has 0 fully saturated rings. The first kappa shape index (κ1) is 21.7. The van der Waals surface area contributed by atoms with Gasteiger partial charge < -0.3 is 14.0 Å². The highest BCUT2D eigenvalue weighted by Gasteiger charge is 2.07. The molecule has 4 nitrogen and oxygen atoms in total. The molecule has 5 heteroatoms. The summed E-state index contributed by atoms with van der Waals surface area (Å²) in [4.78, 5) is 12.6. The van der Waals surface area contributed by atoms with Gasteiger partial charge in [-0.3, -0.25) is 4.79 Å². The van der Waals surface area contributed by atoms with Gasteiger partial charge in [0.15, 0.2) is 5.78 Å². The Labute approximate surface area is 195 Å². The molecular weight excluding hydrogens is 466 g/mol. The Morgan fingerprint density at radius 2 is 1.69 bits per heavy atom. The number of ether oxygens (including phenoxy) is 2. The summed E-state index contributed by atoms with van der Waals surface area (Å²) in [5.41, 5.74) is 3.46. The molecule has 0 N–H and O–H groups in total. The minimum atomic E-state index is -0.0486. The second-order valence-corrected chi connectivity index (χ2v) is 8.06. The molecule has 0 bridgehead atoms. The highest BCUT2D eigenvalue weighted by atomic mass is 79.9. The van der Waals surface area contributed by atoms with Gasteiger partial charge in [0.25, 0.3) is 0 Å². The number of allylic oxidation sites excluding steroid dienone is 1. The molecule has 0 unspecified atom stereocenters. The molecule has 1 aromatic heterocycles. The Balaban J connectivity index is 1.45. The van der Waals surface area contributed by atoms with Gasteiger partial charge in [-0.15, -0.1) is 0 Å². The SMILES string of the molecule is COc1ccc(/C=C/C(=O)c2ccc(-n3cccc3)cc2)cc1COc1ccc(Br)cc1. The van der Waals surface area contributed by atoms with Crippen molar-refractivity contribution in [2.75, 3.05) is 7.11 Å². The highest BCUT2D eigenvalue weighted by Crippen LogP contribution is 2.24. The Morgan fingerprint density at radius 3 is 2.38 bits per heavy atom. The van der Waals surface area contributed by atoms with Crippen molar-refractivity contribution in [2.45, 2.75) is 6.61 Å². The largest absolute Gasteiger partial charge is 0.496 e. The van der Waals surface area contributed by atoms with E-state index in [9.17, 15) is 4.79 Å². The molecule has 0 amide bonds. The van der Waals surface area contributed by atoms with Gasteiger partial charge in [0.1, 0.15) is 18.1 Å². The standard InChI is InChI=1S/C27H22BrNO3/c1-31-27-15-5-20(18-22(27)19-32-25-12-8-23(28)9-13-25)4-14-26(30)21-6-10-24(11-7-21)29-16-2-3-17-29/h2-18H,19H2,1H3/b14-4+. The van der Waals surface area contributed by atoms with E-state index in [0.29, 0.717) is 12.2 Å². The van der Waals surface area contributed by atoms with Crippen LogP contribution in [0.15, 0.2) is 102 Å². The first-order chi connectivity index (χ1) is 15.6. The summed E-state index contributed by atoms with van der Waals surface area (Å²) in [6, 6.07) is 24.9. The average molecular weight is 488 g/mol. The van der Waals surface area contributed by atoms with Crippen molar-refractivity contribution in [2.24, 2.45) is 0 Å². The number of nitrogens with zero attached hydrogens (tertiary/aromatic N) is 1. The molecule has 160 valence electrons. The van der Waals surface area contributed by atoms with Crippen LogP contribution in [-0.2, 0) is 6.61 Å². The average Bonchev–Trinajstić information content (AvgIpc) is 3.37. The molecule has 0 atom stereocenters. The highest BCUT2D eigenvalue weighted by molar-refractivity contribution is 9.10. The Bertz CT molecular complexity index is 1210. The van der Waals surface area contributed by atoms with Gasteiger partial charge in [0, 0.05) is 33.7 Å². The summed E-state index contributed by atoms with van der Waals surface area (Å²) in [6.45, 7) is 0.362. The van der Waals surface area contributed by atoms with E-state index in [2.05, 4.69) is 15.9 Å². The maximum Gasteiger partial charge on any atom is 0.185 e. The van der Waals surface area contributed by atoms with E-state index in [-0.39, 0.29) is 5.78 Å². The zero-order valence-corrected chi connectivity index (χ0v) is 19.2. The van der Waals surface area contributed by atoms with Crippen molar-refractivity contribution in [1.82, 2.24) is 4.57 Å². The van der Waals surface area contributed by atoms with E-state index in [0.717, 1.165) is 32.8 Å². The van der Waals surface area contributed by atoms with Crippen LogP contribution in [0.3, 0.4) is 0 Å². The molecule has 0 aliphatic heterocycles. The van der Waals surface area contributed by atoms with Crippen LogP contribution in [0, 0.1) is 0 Å². The fourth-order valence-electron chi connectivity index (χ4n) is 3.28. The monoisotopic (exact) mass is 487 g/mol. The number of hydrogen-bond donors (Lipinski definition) is 0. The van der Waals surface area contributed by atoms with Crippen LogP contribution in [0.5, 0.6) is 11.5 Å². The molecule has 3 aromatic carbocycles. The quantitative estimate of drug-likeness (QED) is 0.204. The lowest BCUT2D eigenvalue weighted by molar-refractivity contribution is 0.104. The van der Waals surface area contributed by atoms with Crippen molar-refractivity contribution in [3.8, 4) is 17.2 Å². The van der Waals surface area contributed by atoms with Gasteiger partial charge in [-0.2, -0.15) is 0 Å². The van der Waals surface area contributed by atoms with E-state index < -0.39 is 0 Å². The molecule has 32 heavy (non-hydrogen) atoms. The summed E-state index contributed by atoms with van der Waals surface area (Å²) >= 11 is 3.42. The van der Waals surface area contributed by atoms with Crippen molar-refractivity contribution in [3.63, 3.8) is 0 Å². The molecule has 0 aliphatic rings. The van der Waals surface area contributed by atoms with Crippen molar-refractivity contribution < 1.29 is 14.3 Å². The number of ketones is 1. The maximum absolute atomic E-state index is 12.6. The lowest BCUT2D eigenvalue weighted by Crippen LogP contribution is -1.99. The molecule has 0 spiro atoms. The molecule has 0 saturated heterocycles. The first-order valence-electron chi connectivity index (χ1n) is 10.1. The van der Waals surface area contributed by atoms with Crippen molar-refractivity contribution >= 4 is 27.8 Å². The number of rotatable bonds is 8. The number of benzene rings is 3. The Kier molecular flexibility index (Phi) is 6.87. The third-order valence-electron chi connectivity index (χ3n) is 4.99. The van der Waals surface area contributed by atoms with Crippen LogP contribution in [0.1, 0.15) is 21.5 Å². The Morgan fingerprint density at radius 1 is 0.969 bits per heavy atom. The smallest absolute Gasteiger partial charge is 0.185 e. The summed E-state index contributed by atoms with van der Waals surface area (Å²) < 4.78 is 14.3. The maximum atomic E-state index is 12.6. The predicted molar refractivity (Wildman–Crippen MR) is 131 cm³/mol. The van der Waals surface area contributed by atoms with E-state index in [1.54, 1.807) is 13.2 Å². The van der Waals surface area contributed by atoms with Crippen LogP contribution in [0.4, 0.5) is 0 Å². The lowest BCUT2D eigenvalue weighted by Gasteiger charge is -2.11. The third-order valence-corrected chi connectivity index (χ3v) is 5.52. The third kappa shape index (κ3) is 5.37. The van der Waals surface area contributed by atoms with Crippen LogP contribution in [-0.4, -0.2) is 17.5 Å². The minimum Gasteiger partial charge on any atom is -0.496 e. The van der Waals surface area contributed by atoms with E-state index in [4.69, 9.17) is 9.47 Å². The zero-order chi connectivity index (χ0) is 22.3. The van der Waals surface area contributed by atoms with Gasteiger partial charge in [0.2, 0.25) is 0 Å². The van der Waals surface area contributed by atoms with Gasteiger partial charge in [0.05, 0.1) is 7.11 Å². The summed E-state index contributed by atoms with van der Waals surface area (Å²) in [5, 5.41) is 0. The number of halogens is 1. The second kappa shape index (κ2) is 10.2. The summed E-state index contributed by atoms with van der Waals surface area (Å²) in [7, 11) is 1.63. The number of aromatic nitrogens is 1. The van der Waals surface area contributed by atoms with Crippen molar-refractivity contribution in [3.05, 3.63) is 118 Å². The van der Waals surface area contributed by atoms with E-state index in [1.165, 1.54) is 0 Å². The first-order valence-corrected chi connectivity index (χ1v) is 10.9. The van der Waals surface area contributed by atoms with Gasteiger partial charge in [-0.1, -0.05) is 28.1 Å². The van der Waals surface area contributed by atoms with Crippen LogP contribution in [0.25, 0.3) is 11.8 Å². The fourth-order valence-corrected chi connectivity index (χ4v) is 3.54. The van der Waals surface area contributed by atoms with E-state index in [1.807, 2.05) is 102 Å². The van der Waals surface area contributed by atoms with Gasteiger partial charge in [-0.05, 0) is 84.4 Å². The molecule has 4 rings (SSSR count). The van der Waals surface area contributed by atoms with Gasteiger partial charge >= 0.3 is 0 Å². The molecule has 0 saturated carbocycles. The molecule has 4 aromatic rings. The van der Waals surface area contributed by atoms with E-state index >= 15 is 0 Å². The minimum absolute atomic E-state index is 0.0486. The Hall–Kier alpha value is -3.57. The second-order valence-electron chi connectivity index (χ2n) is 7.15. The number of carbonyl (C=O) groups excluding carboxylic acids is 1. The topological polar surface area (TPSA) is 40.5 Å². The van der Waals surface area contributed by atoms with Crippen LogP contribution >= 0.6 is 15.9 Å². The fraction of sp³-hybridized carbons (Fsp3) is 0.0741. The molecule has 0 radical (unpaired) electrons. The van der Waals surface area contributed by atoms with Crippen LogP contribution in [0.2, 0.25) is 0 Å². The molecule has 0 aliphatic carbocycles. The molecule has 1 heterocycles. The molecular formula is C27H22BrNO3. The summed E-state index contributed by atoms with van der Waals surface area (Å²) in [5.74, 6) is 1.47. The number of hydrogen-bond acceptors (Lipinski definition) is 3. The normalized spacial score (nSPS) is 10.9. The number of methoxy groups -OCH3 is 1. The van der Waals surface area contributed by atoms with Gasteiger partial charge in [-0.25, -0.2) is 0 Å². The zero-order valence-electron chi connectivity index (χ0n) is 17.6.